The van der Waals surface area contributed by atoms with E-state index in [-0.39, 0.29) is 0 Å². The minimum atomic E-state index is -0.949. The van der Waals surface area contributed by atoms with E-state index in [0.717, 1.165) is 23.0 Å². The maximum atomic E-state index is 10.3. The van der Waals surface area contributed by atoms with Crippen molar-refractivity contribution < 1.29 is 14.6 Å². The molecule has 0 aliphatic carbocycles. The molecule has 0 saturated heterocycles. The summed E-state index contributed by atoms with van der Waals surface area (Å²) in [4.78, 5) is 10.3. The minimum Gasteiger partial charge on any atom is -0.497 e. The van der Waals surface area contributed by atoms with Crippen LogP contribution in [0.3, 0.4) is 0 Å². The molecule has 0 bridgehead atoms. The first-order valence-corrected chi connectivity index (χ1v) is 4.86. The van der Waals surface area contributed by atoms with Crippen molar-refractivity contribution >= 4 is 11.5 Å². The molecule has 0 radical (unpaired) electrons. The van der Waals surface area contributed by atoms with Gasteiger partial charge in [-0.25, -0.2) is 4.79 Å². The van der Waals surface area contributed by atoms with Gasteiger partial charge in [-0.3, -0.25) is 0 Å². The van der Waals surface area contributed by atoms with Crippen molar-refractivity contribution in [1.29, 1.82) is 0 Å². The lowest BCUT2D eigenvalue weighted by Gasteiger charge is -2.03. The van der Waals surface area contributed by atoms with Gasteiger partial charge >= 0.3 is 5.97 Å². The zero-order chi connectivity index (χ0) is 12.0. The highest BCUT2D eigenvalue weighted by atomic mass is 16.5. The number of benzene rings is 1. The van der Waals surface area contributed by atoms with Crippen molar-refractivity contribution in [3.63, 3.8) is 0 Å². The molecule has 0 heterocycles. The average molecular weight is 218 g/mol. The molecule has 0 amide bonds. The fourth-order valence-corrected chi connectivity index (χ4v) is 1.24. The van der Waals surface area contributed by atoms with E-state index >= 15 is 0 Å². The van der Waals surface area contributed by atoms with Crippen molar-refractivity contribution in [2.75, 3.05) is 7.11 Å². The molecule has 0 unspecified atom stereocenters. The zero-order valence-corrected chi connectivity index (χ0v) is 9.31. The largest absolute Gasteiger partial charge is 0.497 e. The van der Waals surface area contributed by atoms with Gasteiger partial charge in [0.2, 0.25) is 0 Å². The highest BCUT2D eigenvalue weighted by Gasteiger charge is 1.96. The Bertz CT molecular complexity index is 431. The molecule has 0 atom stereocenters. The van der Waals surface area contributed by atoms with Crippen LogP contribution in [-0.4, -0.2) is 18.2 Å². The Balaban J connectivity index is 2.86. The Hall–Kier alpha value is -2.03. The Morgan fingerprint density at radius 3 is 2.81 bits per heavy atom. The Kier molecular flexibility index (Phi) is 4.33. The van der Waals surface area contributed by atoms with Crippen LogP contribution >= 0.6 is 0 Å². The second-order valence-corrected chi connectivity index (χ2v) is 3.28. The molecular formula is C13H14O3. The van der Waals surface area contributed by atoms with E-state index in [4.69, 9.17) is 9.84 Å². The summed E-state index contributed by atoms with van der Waals surface area (Å²) < 4.78 is 5.11. The number of carbonyl (C=O) groups is 1. The van der Waals surface area contributed by atoms with Gasteiger partial charge in [0.05, 0.1) is 7.11 Å². The van der Waals surface area contributed by atoms with E-state index in [1.54, 1.807) is 13.2 Å². The molecule has 0 saturated carbocycles. The predicted molar refractivity (Wildman–Crippen MR) is 63.4 cm³/mol. The number of rotatable bonds is 4. The maximum absolute atomic E-state index is 10.3. The van der Waals surface area contributed by atoms with Crippen LogP contribution in [0.25, 0.3) is 5.57 Å². The number of methoxy groups -OCH3 is 1. The summed E-state index contributed by atoms with van der Waals surface area (Å²) in [6.45, 7) is 1.92. The Labute approximate surface area is 94.7 Å². The smallest absolute Gasteiger partial charge is 0.328 e. The van der Waals surface area contributed by atoms with Gasteiger partial charge in [0, 0.05) is 6.08 Å². The second-order valence-electron chi connectivity index (χ2n) is 3.28. The van der Waals surface area contributed by atoms with Gasteiger partial charge in [0.1, 0.15) is 5.75 Å². The molecule has 1 N–H and O–H groups in total. The lowest BCUT2D eigenvalue weighted by molar-refractivity contribution is -0.131. The van der Waals surface area contributed by atoms with Crippen LogP contribution in [0.1, 0.15) is 12.5 Å². The minimum absolute atomic E-state index is 0.785. The normalized spacial score (nSPS) is 11.8. The second kappa shape index (κ2) is 5.75. The van der Waals surface area contributed by atoms with Crippen LogP contribution in [0, 0.1) is 0 Å². The molecule has 1 aromatic carbocycles. The summed E-state index contributed by atoms with van der Waals surface area (Å²) in [5, 5.41) is 8.44. The lowest BCUT2D eigenvalue weighted by atomic mass is 10.1. The summed E-state index contributed by atoms with van der Waals surface area (Å²) in [6.07, 6.45) is 4.36. The Morgan fingerprint density at radius 2 is 2.19 bits per heavy atom. The van der Waals surface area contributed by atoms with Gasteiger partial charge in [0.15, 0.2) is 0 Å². The number of carboxylic acid groups (broad SMARTS) is 1. The molecule has 3 heteroatoms. The van der Waals surface area contributed by atoms with E-state index in [9.17, 15) is 4.79 Å². The zero-order valence-electron chi connectivity index (χ0n) is 9.31. The van der Waals surface area contributed by atoms with Gasteiger partial charge in [-0.1, -0.05) is 24.3 Å². The van der Waals surface area contributed by atoms with E-state index in [1.165, 1.54) is 6.08 Å². The van der Waals surface area contributed by atoms with Crippen molar-refractivity contribution in [1.82, 2.24) is 0 Å². The van der Waals surface area contributed by atoms with Gasteiger partial charge in [-0.05, 0) is 30.2 Å². The van der Waals surface area contributed by atoms with Crippen LogP contribution in [0.15, 0.2) is 42.5 Å². The monoisotopic (exact) mass is 218 g/mol. The first-order valence-electron chi connectivity index (χ1n) is 4.86. The van der Waals surface area contributed by atoms with Crippen LogP contribution in [0.2, 0.25) is 0 Å². The topological polar surface area (TPSA) is 46.5 Å². The van der Waals surface area contributed by atoms with Crippen LogP contribution in [-0.2, 0) is 4.79 Å². The van der Waals surface area contributed by atoms with Crippen molar-refractivity contribution in [2.24, 2.45) is 0 Å². The SMILES string of the molecule is COc1cccc(C(C)=CC=CC(=O)O)c1. The maximum Gasteiger partial charge on any atom is 0.328 e. The van der Waals surface area contributed by atoms with E-state index < -0.39 is 5.97 Å². The molecule has 3 nitrogen and oxygen atoms in total. The van der Waals surface area contributed by atoms with Gasteiger partial charge in [-0.15, -0.1) is 0 Å². The number of carboxylic acids is 1. The van der Waals surface area contributed by atoms with Gasteiger partial charge in [-0.2, -0.15) is 0 Å². The molecule has 0 fully saturated rings. The molecule has 1 aromatic rings. The van der Waals surface area contributed by atoms with E-state index in [2.05, 4.69) is 0 Å². The van der Waals surface area contributed by atoms with Crippen LogP contribution in [0.5, 0.6) is 5.75 Å². The molecule has 0 spiro atoms. The van der Waals surface area contributed by atoms with Crippen molar-refractivity contribution in [3.05, 3.63) is 48.1 Å². The molecule has 1 rings (SSSR count). The summed E-state index contributed by atoms with van der Waals surface area (Å²) >= 11 is 0. The number of ether oxygens (including phenoxy) is 1. The number of hydrogen-bond acceptors (Lipinski definition) is 2. The van der Waals surface area contributed by atoms with Crippen molar-refractivity contribution in [3.8, 4) is 5.75 Å². The fraction of sp³-hybridized carbons (Fsp3) is 0.154. The standard InChI is InChI=1S/C13H14O3/c1-10(5-3-8-13(14)15)11-6-4-7-12(9-11)16-2/h3-9H,1-2H3,(H,14,15). The Morgan fingerprint density at radius 1 is 1.44 bits per heavy atom. The van der Waals surface area contributed by atoms with Gasteiger partial charge in [0.25, 0.3) is 0 Å². The number of aliphatic carboxylic acids is 1. The fourth-order valence-electron chi connectivity index (χ4n) is 1.24. The third-order valence-electron chi connectivity index (χ3n) is 2.11. The molecule has 84 valence electrons. The summed E-state index contributed by atoms with van der Waals surface area (Å²) in [5.41, 5.74) is 1.99. The summed E-state index contributed by atoms with van der Waals surface area (Å²) in [7, 11) is 1.61. The first-order chi connectivity index (χ1) is 7.63. The third kappa shape index (κ3) is 3.61. The predicted octanol–water partition coefficient (Wildman–Crippen LogP) is 2.74. The molecular weight excluding hydrogens is 204 g/mol. The van der Waals surface area contributed by atoms with Gasteiger partial charge < -0.3 is 9.84 Å². The number of allylic oxidation sites excluding steroid dienone is 3. The molecule has 0 aromatic heterocycles. The first kappa shape index (κ1) is 12.0. The average Bonchev–Trinajstić information content (AvgIpc) is 2.28. The van der Waals surface area contributed by atoms with E-state index in [1.807, 2.05) is 31.2 Å². The molecule has 0 aliphatic heterocycles. The highest BCUT2D eigenvalue weighted by molar-refractivity contribution is 5.80. The highest BCUT2D eigenvalue weighted by Crippen LogP contribution is 2.19. The quantitative estimate of drug-likeness (QED) is 0.624. The van der Waals surface area contributed by atoms with Crippen molar-refractivity contribution in [2.45, 2.75) is 6.92 Å². The third-order valence-corrected chi connectivity index (χ3v) is 2.11. The molecule has 16 heavy (non-hydrogen) atoms. The lowest BCUT2D eigenvalue weighted by Crippen LogP contribution is -1.86. The summed E-state index contributed by atoms with van der Waals surface area (Å²) in [5.74, 6) is -0.165. The summed E-state index contributed by atoms with van der Waals surface area (Å²) in [6, 6.07) is 7.61. The number of hydrogen-bond donors (Lipinski definition) is 1. The van der Waals surface area contributed by atoms with Crippen LogP contribution in [0.4, 0.5) is 0 Å². The molecule has 0 aliphatic rings. The van der Waals surface area contributed by atoms with Crippen LogP contribution < -0.4 is 4.74 Å². The van der Waals surface area contributed by atoms with E-state index in [0.29, 0.717) is 0 Å².